The number of aryl methyl sites for hydroxylation is 3. The molecule has 0 saturated heterocycles. The molecule has 0 heterocycles. The van der Waals surface area contributed by atoms with Crippen LogP contribution in [0.2, 0.25) is 0 Å². The molecule has 4 nitrogen and oxygen atoms in total. The van der Waals surface area contributed by atoms with E-state index in [2.05, 4.69) is 12.2 Å². The number of carbonyl (C=O) groups excluding carboxylic acids is 1. The zero-order valence-corrected chi connectivity index (χ0v) is 15.5. The Morgan fingerprint density at radius 3 is 2.32 bits per heavy atom. The second-order valence-corrected chi connectivity index (χ2v) is 6.21. The number of nitrogens with one attached hydrogen (secondary N) is 1. The molecule has 2 aromatic carbocycles. The van der Waals surface area contributed by atoms with Gasteiger partial charge in [0.2, 0.25) is 0 Å². The minimum atomic E-state index is -0.499. The highest BCUT2D eigenvalue weighted by Crippen LogP contribution is 2.18. The summed E-state index contributed by atoms with van der Waals surface area (Å²) in [5.74, 6) is 1.41. The van der Waals surface area contributed by atoms with Gasteiger partial charge in [0.15, 0.2) is 6.10 Å². The third-order valence-electron chi connectivity index (χ3n) is 4.11. The molecule has 134 valence electrons. The summed E-state index contributed by atoms with van der Waals surface area (Å²) in [4.78, 5) is 12.3. The number of rotatable bonds is 8. The van der Waals surface area contributed by atoms with Crippen molar-refractivity contribution in [1.82, 2.24) is 5.32 Å². The van der Waals surface area contributed by atoms with Crippen LogP contribution in [-0.4, -0.2) is 25.2 Å². The molecule has 25 heavy (non-hydrogen) atoms. The maximum atomic E-state index is 12.3. The van der Waals surface area contributed by atoms with Crippen LogP contribution in [0, 0.1) is 20.8 Å². The lowest BCUT2D eigenvalue weighted by Crippen LogP contribution is -2.39. The molecule has 0 aliphatic carbocycles. The summed E-state index contributed by atoms with van der Waals surface area (Å²) in [5, 5.41) is 2.87. The number of carbonyl (C=O) groups is 1. The summed E-state index contributed by atoms with van der Waals surface area (Å²) in [7, 11) is 0. The lowest BCUT2D eigenvalue weighted by atomic mass is 10.1. The molecule has 1 amide bonds. The summed E-state index contributed by atoms with van der Waals surface area (Å²) in [6, 6.07) is 13.7. The summed E-state index contributed by atoms with van der Waals surface area (Å²) in [6.45, 7) is 8.93. The predicted molar refractivity (Wildman–Crippen MR) is 100 cm³/mol. The Balaban J connectivity index is 1.79. The second kappa shape index (κ2) is 9.11. The predicted octanol–water partition coefficient (Wildman–Crippen LogP) is 3.96. The zero-order chi connectivity index (χ0) is 18.2. The molecule has 0 spiro atoms. The molecular formula is C21H27NO3. The average molecular weight is 341 g/mol. The topological polar surface area (TPSA) is 47.6 Å². The highest BCUT2D eigenvalue weighted by atomic mass is 16.5. The van der Waals surface area contributed by atoms with E-state index in [4.69, 9.17) is 9.47 Å². The van der Waals surface area contributed by atoms with Gasteiger partial charge >= 0.3 is 0 Å². The van der Waals surface area contributed by atoms with Crippen LogP contribution in [0.5, 0.6) is 11.5 Å². The van der Waals surface area contributed by atoms with Crippen LogP contribution in [0.25, 0.3) is 0 Å². The van der Waals surface area contributed by atoms with Crippen LogP contribution in [0.1, 0.15) is 30.0 Å². The summed E-state index contributed by atoms with van der Waals surface area (Å²) >= 11 is 0. The molecule has 2 aromatic rings. The van der Waals surface area contributed by atoms with Crippen LogP contribution in [0.3, 0.4) is 0 Å². The average Bonchev–Trinajstić information content (AvgIpc) is 2.61. The zero-order valence-electron chi connectivity index (χ0n) is 15.5. The van der Waals surface area contributed by atoms with Crippen molar-refractivity contribution in [1.29, 1.82) is 0 Å². The fourth-order valence-electron chi connectivity index (χ4n) is 2.37. The van der Waals surface area contributed by atoms with Crippen molar-refractivity contribution in [3.8, 4) is 11.5 Å². The molecule has 0 fully saturated rings. The van der Waals surface area contributed by atoms with E-state index in [-0.39, 0.29) is 5.91 Å². The standard InChI is InChI=1S/C21H27NO3/c1-5-20(25-19-11-8-16(3)17(4)14-19)21(23)22-12-13-24-18-9-6-15(2)7-10-18/h6-11,14,20H,5,12-13H2,1-4H3,(H,22,23). The molecule has 1 atom stereocenters. The fourth-order valence-corrected chi connectivity index (χ4v) is 2.37. The van der Waals surface area contributed by atoms with E-state index in [1.165, 1.54) is 11.1 Å². The van der Waals surface area contributed by atoms with Gasteiger partial charge in [-0.15, -0.1) is 0 Å². The summed E-state index contributed by atoms with van der Waals surface area (Å²) in [5.41, 5.74) is 3.55. The van der Waals surface area contributed by atoms with Gasteiger partial charge in [-0.25, -0.2) is 0 Å². The molecule has 0 aliphatic heterocycles. The van der Waals surface area contributed by atoms with Gasteiger partial charge in [-0.2, -0.15) is 0 Å². The summed E-state index contributed by atoms with van der Waals surface area (Å²) in [6.07, 6.45) is 0.110. The summed E-state index contributed by atoms with van der Waals surface area (Å²) < 4.78 is 11.5. The SMILES string of the molecule is CCC(Oc1ccc(C)c(C)c1)C(=O)NCCOc1ccc(C)cc1. The molecule has 4 heteroatoms. The lowest BCUT2D eigenvalue weighted by molar-refractivity contribution is -0.128. The Hall–Kier alpha value is -2.49. The number of ether oxygens (including phenoxy) is 2. The van der Waals surface area contributed by atoms with Gasteiger partial charge < -0.3 is 14.8 Å². The third-order valence-corrected chi connectivity index (χ3v) is 4.11. The minimum absolute atomic E-state index is 0.117. The number of benzene rings is 2. The number of amides is 1. The van der Waals surface area contributed by atoms with Crippen LogP contribution in [0.15, 0.2) is 42.5 Å². The van der Waals surface area contributed by atoms with Crippen molar-refractivity contribution in [2.24, 2.45) is 0 Å². The first-order valence-electron chi connectivity index (χ1n) is 8.70. The van der Waals surface area contributed by atoms with Crippen molar-refractivity contribution in [3.05, 3.63) is 59.2 Å². The van der Waals surface area contributed by atoms with Crippen molar-refractivity contribution in [2.75, 3.05) is 13.2 Å². The Morgan fingerprint density at radius 1 is 1.00 bits per heavy atom. The molecule has 2 rings (SSSR count). The van der Waals surface area contributed by atoms with Crippen molar-refractivity contribution in [2.45, 2.75) is 40.2 Å². The van der Waals surface area contributed by atoms with E-state index in [1.807, 2.05) is 63.2 Å². The van der Waals surface area contributed by atoms with Crippen LogP contribution >= 0.6 is 0 Å². The van der Waals surface area contributed by atoms with Crippen molar-refractivity contribution >= 4 is 5.91 Å². The monoisotopic (exact) mass is 341 g/mol. The fraction of sp³-hybridized carbons (Fsp3) is 0.381. The maximum absolute atomic E-state index is 12.3. The van der Waals surface area contributed by atoms with E-state index in [1.54, 1.807) is 0 Å². The molecule has 0 aliphatic rings. The minimum Gasteiger partial charge on any atom is -0.492 e. The molecule has 0 radical (unpaired) electrons. The van der Waals surface area contributed by atoms with E-state index in [0.717, 1.165) is 17.1 Å². The van der Waals surface area contributed by atoms with Gasteiger partial charge in [0.1, 0.15) is 18.1 Å². The van der Waals surface area contributed by atoms with E-state index in [0.29, 0.717) is 19.6 Å². The number of hydrogen-bond acceptors (Lipinski definition) is 3. The first-order valence-corrected chi connectivity index (χ1v) is 8.70. The molecule has 0 saturated carbocycles. The van der Waals surface area contributed by atoms with Crippen molar-refractivity contribution < 1.29 is 14.3 Å². The second-order valence-electron chi connectivity index (χ2n) is 6.21. The highest BCUT2D eigenvalue weighted by Gasteiger charge is 2.18. The van der Waals surface area contributed by atoms with E-state index >= 15 is 0 Å². The Kier molecular flexibility index (Phi) is 6.87. The molecule has 1 unspecified atom stereocenters. The van der Waals surface area contributed by atoms with Crippen molar-refractivity contribution in [3.63, 3.8) is 0 Å². The molecule has 0 aromatic heterocycles. The Morgan fingerprint density at radius 2 is 1.68 bits per heavy atom. The smallest absolute Gasteiger partial charge is 0.261 e. The normalized spacial score (nSPS) is 11.7. The number of hydrogen-bond donors (Lipinski definition) is 1. The van der Waals surface area contributed by atoms with Gasteiger partial charge in [0.25, 0.3) is 5.91 Å². The quantitative estimate of drug-likeness (QED) is 0.739. The van der Waals surface area contributed by atoms with Gasteiger partial charge in [-0.3, -0.25) is 4.79 Å². The van der Waals surface area contributed by atoms with Crippen LogP contribution < -0.4 is 14.8 Å². The van der Waals surface area contributed by atoms with Crippen LogP contribution in [0.4, 0.5) is 0 Å². The first kappa shape index (κ1) is 18.8. The molecular weight excluding hydrogens is 314 g/mol. The maximum Gasteiger partial charge on any atom is 0.261 e. The highest BCUT2D eigenvalue weighted by molar-refractivity contribution is 5.81. The Bertz CT molecular complexity index is 695. The van der Waals surface area contributed by atoms with Gasteiger partial charge in [0, 0.05) is 0 Å². The lowest BCUT2D eigenvalue weighted by Gasteiger charge is -2.18. The Labute approximate surface area is 150 Å². The molecule has 1 N–H and O–H groups in total. The van der Waals surface area contributed by atoms with Crippen LogP contribution in [-0.2, 0) is 4.79 Å². The van der Waals surface area contributed by atoms with Gasteiger partial charge in [0.05, 0.1) is 6.54 Å². The third kappa shape index (κ3) is 5.82. The first-order chi connectivity index (χ1) is 12.0. The largest absolute Gasteiger partial charge is 0.492 e. The molecule has 0 bridgehead atoms. The van der Waals surface area contributed by atoms with E-state index in [9.17, 15) is 4.79 Å². The van der Waals surface area contributed by atoms with Gasteiger partial charge in [-0.1, -0.05) is 30.7 Å². The van der Waals surface area contributed by atoms with E-state index < -0.39 is 6.10 Å². The van der Waals surface area contributed by atoms with Gasteiger partial charge in [-0.05, 0) is 62.6 Å².